The van der Waals surface area contributed by atoms with Crippen molar-refractivity contribution < 1.29 is 13.5 Å². The first-order valence-corrected chi connectivity index (χ1v) is 8.99. The van der Waals surface area contributed by atoms with Crippen molar-refractivity contribution in [1.82, 2.24) is 4.72 Å². The van der Waals surface area contributed by atoms with Crippen molar-refractivity contribution in [3.63, 3.8) is 0 Å². The van der Waals surface area contributed by atoms with Crippen LogP contribution in [0.1, 0.15) is 52.0 Å². The largest absolute Gasteiger partial charge is 0.396 e. The SMILES string of the molecule is CCC(CC)(CO)CNS(=O)(=O)c1ccc(C(C)C)cc1. The zero-order valence-electron chi connectivity index (χ0n) is 13.4. The standard InChI is InChI=1S/C16H27NO3S/c1-5-16(6-2,12-18)11-17-21(19,20)15-9-7-14(8-10-15)13(3)4/h7-10,13,17-18H,5-6,11-12H2,1-4H3. The molecule has 1 aromatic rings. The van der Waals surface area contributed by atoms with Crippen molar-refractivity contribution in [2.24, 2.45) is 5.41 Å². The predicted molar refractivity (Wildman–Crippen MR) is 85.8 cm³/mol. The fraction of sp³-hybridized carbons (Fsp3) is 0.625. The summed E-state index contributed by atoms with van der Waals surface area (Å²) < 4.78 is 27.3. The van der Waals surface area contributed by atoms with E-state index in [4.69, 9.17) is 0 Å². The van der Waals surface area contributed by atoms with Crippen LogP contribution in [-0.2, 0) is 10.0 Å². The van der Waals surface area contributed by atoms with Gasteiger partial charge in [-0.15, -0.1) is 0 Å². The minimum absolute atomic E-state index is 0.0190. The highest BCUT2D eigenvalue weighted by Gasteiger charge is 2.27. The lowest BCUT2D eigenvalue weighted by molar-refractivity contribution is 0.119. The molecule has 0 bridgehead atoms. The van der Waals surface area contributed by atoms with Crippen LogP contribution in [0.4, 0.5) is 0 Å². The smallest absolute Gasteiger partial charge is 0.240 e. The molecule has 1 aromatic carbocycles. The first-order chi connectivity index (χ1) is 9.80. The minimum atomic E-state index is -3.53. The summed E-state index contributed by atoms with van der Waals surface area (Å²) in [7, 11) is -3.53. The summed E-state index contributed by atoms with van der Waals surface area (Å²) in [5, 5.41) is 9.51. The second-order valence-corrected chi connectivity index (χ2v) is 7.68. The van der Waals surface area contributed by atoms with E-state index in [0.717, 1.165) is 18.4 Å². The molecule has 0 aromatic heterocycles. The lowest BCUT2D eigenvalue weighted by Gasteiger charge is -2.29. The second-order valence-electron chi connectivity index (χ2n) is 5.91. The van der Waals surface area contributed by atoms with Crippen molar-refractivity contribution in [3.8, 4) is 0 Å². The molecule has 4 nitrogen and oxygen atoms in total. The maximum atomic E-state index is 12.3. The van der Waals surface area contributed by atoms with Gasteiger partial charge in [0.1, 0.15) is 0 Å². The molecule has 0 radical (unpaired) electrons. The Balaban J connectivity index is 2.86. The van der Waals surface area contributed by atoms with Crippen molar-refractivity contribution in [2.45, 2.75) is 51.3 Å². The van der Waals surface area contributed by atoms with Gasteiger partial charge in [0.15, 0.2) is 0 Å². The summed E-state index contributed by atoms with van der Waals surface area (Å²) in [6, 6.07) is 6.96. The molecule has 0 saturated carbocycles. The first kappa shape index (κ1) is 18.1. The van der Waals surface area contributed by atoms with Crippen molar-refractivity contribution in [3.05, 3.63) is 29.8 Å². The molecule has 120 valence electrons. The maximum Gasteiger partial charge on any atom is 0.240 e. The van der Waals surface area contributed by atoms with E-state index >= 15 is 0 Å². The Morgan fingerprint density at radius 1 is 1.14 bits per heavy atom. The van der Waals surface area contributed by atoms with Crippen LogP contribution in [0.3, 0.4) is 0 Å². The van der Waals surface area contributed by atoms with Gasteiger partial charge in [-0.3, -0.25) is 0 Å². The van der Waals surface area contributed by atoms with Gasteiger partial charge in [0.05, 0.1) is 4.90 Å². The molecule has 0 unspecified atom stereocenters. The van der Waals surface area contributed by atoms with Gasteiger partial charge < -0.3 is 5.11 Å². The van der Waals surface area contributed by atoms with Crippen LogP contribution in [0.15, 0.2) is 29.2 Å². The van der Waals surface area contributed by atoms with Gasteiger partial charge in [0.2, 0.25) is 10.0 Å². The minimum Gasteiger partial charge on any atom is -0.396 e. The lowest BCUT2D eigenvalue weighted by atomic mass is 9.84. The molecule has 0 heterocycles. The molecule has 0 saturated heterocycles. The number of aliphatic hydroxyl groups excluding tert-OH is 1. The number of sulfonamides is 1. The Morgan fingerprint density at radius 2 is 1.67 bits per heavy atom. The van der Waals surface area contributed by atoms with Gasteiger partial charge >= 0.3 is 0 Å². The Kier molecular flexibility index (Phi) is 6.38. The Bertz CT molecular complexity index is 523. The van der Waals surface area contributed by atoms with Crippen LogP contribution in [-0.4, -0.2) is 26.7 Å². The van der Waals surface area contributed by atoms with Gasteiger partial charge in [0.25, 0.3) is 0 Å². The zero-order valence-corrected chi connectivity index (χ0v) is 14.2. The van der Waals surface area contributed by atoms with E-state index in [1.54, 1.807) is 12.1 Å². The van der Waals surface area contributed by atoms with Crippen LogP contribution in [0.2, 0.25) is 0 Å². The highest BCUT2D eigenvalue weighted by Crippen LogP contribution is 2.25. The normalized spacial score (nSPS) is 12.9. The molecule has 2 N–H and O–H groups in total. The lowest BCUT2D eigenvalue weighted by Crippen LogP contribution is -2.39. The number of hydrogen-bond donors (Lipinski definition) is 2. The van der Waals surface area contributed by atoms with Gasteiger partial charge in [0, 0.05) is 18.6 Å². The Morgan fingerprint density at radius 3 is 2.05 bits per heavy atom. The second kappa shape index (κ2) is 7.38. The monoisotopic (exact) mass is 313 g/mol. The average molecular weight is 313 g/mol. The summed E-state index contributed by atoms with van der Waals surface area (Å²) in [5.74, 6) is 0.372. The van der Waals surface area contributed by atoms with Crippen LogP contribution in [0.25, 0.3) is 0 Å². The third-order valence-electron chi connectivity index (χ3n) is 4.33. The highest BCUT2D eigenvalue weighted by molar-refractivity contribution is 7.89. The van der Waals surface area contributed by atoms with Crippen molar-refractivity contribution in [1.29, 1.82) is 0 Å². The van der Waals surface area contributed by atoms with Crippen molar-refractivity contribution in [2.75, 3.05) is 13.2 Å². The number of nitrogens with one attached hydrogen (secondary N) is 1. The molecule has 0 aliphatic rings. The topological polar surface area (TPSA) is 66.4 Å². The Labute approximate surface area is 128 Å². The molecular formula is C16H27NO3S. The van der Waals surface area contributed by atoms with E-state index in [1.165, 1.54) is 0 Å². The third-order valence-corrected chi connectivity index (χ3v) is 5.75. The van der Waals surface area contributed by atoms with Crippen LogP contribution in [0.5, 0.6) is 0 Å². The fourth-order valence-electron chi connectivity index (χ4n) is 2.14. The summed E-state index contributed by atoms with van der Waals surface area (Å²) in [4.78, 5) is 0.269. The van der Waals surface area contributed by atoms with Crippen molar-refractivity contribution >= 4 is 10.0 Å². The highest BCUT2D eigenvalue weighted by atomic mass is 32.2. The molecule has 5 heteroatoms. The third kappa shape index (κ3) is 4.53. The summed E-state index contributed by atoms with van der Waals surface area (Å²) in [6.07, 6.45) is 1.46. The molecule has 0 spiro atoms. The maximum absolute atomic E-state index is 12.3. The van der Waals surface area contributed by atoms with E-state index in [-0.39, 0.29) is 23.5 Å². The van der Waals surface area contributed by atoms with Crippen LogP contribution >= 0.6 is 0 Å². The molecule has 0 fully saturated rings. The van der Waals surface area contributed by atoms with Gasteiger partial charge in [-0.2, -0.15) is 0 Å². The molecular weight excluding hydrogens is 286 g/mol. The number of aliphatic hydroxyl groups is 1. The predicted octanol–water partition coefficient (Wildman–Crippen LogP) is 2.89. The number of hydrogen-bond acceptors (Lipinski definition) is 3. The molecule has 0 aliphatic heterocycles. The first-order valence-electron chi connectivity index (χ1n) is 7.50. The fourth-order valence-corrected chi connectivity index (χ4v) is 3.30. The van der Waals surface area contributed by atoms with E-state index < -0.39 is 10.0 Å². The summed E-state index contributed by atoms with van der Waals surface area (Å²) in [5.41, 5.74) is 0.728. The van der Waals surface area contributed by atoms with E-state index in [1.807, 2.05) is 26.0 Å². The van der Waals surface area contributed by atoms with E-state index in [0.29, 0.717) is 5.92 Å². The number of rotatable bonds is 8. The van der Waals surface area contributed by atoms with Gasteiger partial charge in [-0.25, -0.2) is 13.1 Å². The number of benzene rings is 1. The van der Waals surface area contributed by atoms with E-state index in [9.17, 15) is 13.5 Å². The molecule has 0 aliphatic carbocycles. The zero-order chi connectivity index (χ0) is 16.1. The van der Waals surface area contributed by atoms with Gasteiger partial charge in [-0.1, -0.05) is 39.8 Å². The molecule has 0 atom stereocenters. The quantitative estimate of drug-likeness (QED) is 0.775. The van der Waals surface area contributed by atoms with Gasteiger partial charge in [-0.05, 0) is 36.5 Å². The Hall–Kier alpha value is -0.910. The van der Waals surface area contributed by atoms with E-state index in [2.05, 4.69) is 18.6 Å². The van der Waals surface area contributed by atoms with Crippen LogP contribution < -0.4 is 4.72 Å². The molecule has 1 rings (SSSR count). The summed E-state index contributed by atoms with van der Waals surface area (Å²) >= 11 is 0. The van der Waals surface area contributed by atoms with Crippen LogP contribution in [0, 0.1) is 5.41 Å². The average Bonchev–Trinajstić information content (AvgIpc) is 2.49. The summed E-state index contributed by atoms with van der Waals surface area (Å²) in [6.45, 7) is 8.30. The molecule has 0 amide bonds. The molecule has 21 heavy (non-hydrogen) atoms.